The predicted molar refractivity (Wildman–Crippen MR) is 85.9 cm³/mol. The van der Waals surface area contributed by atoms with E-state index in [4.69, 9.17) is 11.6 Å². The lowest BCUT2D eigenvalue weighted by Crippen LogP contribution is -2.31. The second-order valence-corrected chi connectivity index (χ2v) is 5.28. The van der Waals surface area contributed by atoms with Crippen LogP contribution in [0.1, 0.15) is 12.8 Å². The molecule has 6 heteroatoms. The number of benzene rings is 1. The van der Waals surface area contributed by atoms with Crippen molar-refractivity contribution in [3.63, 3.8) is 0 Å². The number of halogens is 2. The van der Waals surface area contributed by atoms with Crippen molar-refractivity contribution >= 4 is 40.9 Å². The Kier molecular flexibility index (Phi) is 5.40. The number of hydrogen-bond acceptors (Lipinski definition) is 4. The summed E-state index contributed by atoms with van der Waals surface area (Å²) >= 11 is 6.17. The highest BCUT2D eigenvalue weighted by atomic mass is 35.5. The Morgan fingerprint density at radius 3 is 2.50 bits per heavy atom. The van der Waals surface area contributed by atoms with E-state index in [9.17, 15) is 0 Å². The zero-order chi connectivity index (χ0) is 13.1. The number of aromatic nitrogens is 2. The largest absolute Gasteiger partial charge is 0.367 e. The first-order chi connectivity index (χ1) is 9.33. The second kappa shape index (κ2) is 7.07. The Morgan fingerprint density at radius 1 is 1.15 bits per heavy atom. The zero-order valence-electron chi connectivity index (χ0n) is 11.1. The topological polar surface area (TPSA) is 49.8 Å². The SMILES string of the molecule is Cl.Clc1nc2ccccc2nc1NCC1CCNCC1. The van der Waals surface area contributed by atoms with Crippen LogP contribution >= 0.6 is 24.0 Å². The molecule has 2 N–H and O–H groups in total. The maximum Gasteiger partial charge on any atom is 0.172 e. The van der Waals surface area contributed by atoms with Crippen molar-refractivity contribution in [2.75, 3.05) is 25.0 Å². The lowest BCUT2D eigenvalue weighted by atomic mass is 9.98. The third kappa shape index (κ3) is 3.51. The summed E-state index contributed by atoms with van der Waals surface area (Å²) in [5.41, 5.74) is 1.71. The van der Waals surface area contributed by atoms with Crippen molar-refractivity contribution in [3.8, 4) is 0 Å². The molecule has 1 saturated heterocycles. The summed E-state index contributed by atoms with van der Waals surface area (Å²) in [6.45, 7) is 3.11. The van der Waals surface area contributed by atoms with Crippen molar-refractivity contribution in [1.82, 2.24) is 15.3 Å². The van der Waals surface area contributed by atoms with Crippen LogP contribution in [0.5, 0.6) is 0 Å². The molecular formula is C14H18Cl2N4. The highest BCUT2D eigenvalue weighted by Gasteiger charge is 2.14. The molecule has 0 saturated carbocycles. The van der Waals surface area contributed by atoms with Gasteiger partial charge >= 0.3 is 0 Å². The van der Waals surface area contributed by atoms with Crippen molar-refractivity contribution in [3.05, 3.63) is 29.4 Å². The molecule has 1 aliphatic heterocycles. The van der Waals surface area contributed by atoms with Gasteiger partial charge in [0.05, 0.1) is 11.0 Å². The van der Waals surface area contributed by atoms with Gasteiger partial charge in [-0.15, -0.1) is 12.4 Å². The fraction of sp³-hybridized carbons (Fsp3) is 0.429. The van der Waals surface area contributed by atoms with Crippen LogP contribution in [0.2, 0.25) is 5.15 Å². The minimum Gasteiger partial charge on any atom is -0.367 e. The van der Waals surface area contributed by atoms with Gasteiger partial charge in [-0.2, -0.15) is 0 Å². The van der Waals surface area contributed by atoms with E-state index in [1.54, 1.807) is 0 Å². The average Bonchev–Trinajstić information content (AvgIpc) is 2.46. The number of piperidine rings is 1. The molecule has 0 radical (unpaired) electrons. The fourth-order valence-electron chi connectivity index (χ4n) is 2.42. The number of rotatable bonds is 3. The Labute approximate surface area is 129 Å². The van der Waals surface area contributed by atoms with Gasteiger partial charge in [-0.1, -0.05) is 23.7 Å². The summed E-state index contributed by atoms with van der Waals surface area (Å²) in [6, 6.07) is 7.77. The summed E-state index contributed by atoms with van der Waals surface area (Å²) in [7, 11) is 0. The van der Waals surface area contributed by atoms with Gasteiger partial charge in [0.25, 0.3) is 0 Å². The average molecular weight is 313 g/mol. The normalized spacial score (nSPS) is 15.8. The lowest BCUT2D eigenvalue weighted by Gasteiger charge is -2.23. The van der Waals surface area contributed by atoms with Crippen LogP contribution in [-0.2, 0) is 0 Å². The molecule has 1 fully saturated rings. The molecule has 0 spiro atoms. The molecule has 2 heterocycles. The summed E-state index contributed by atoms with van der Waals surface area (Å²) in [5, 5.41) is 7.16. The van der Waals surface area contributed by atoms with Crippen LogP contribution in [0.25, 0.3) is 11.0 Å². The molecule has 1 aromatic heterocycles. The van der Waals surface area contributed by atoms with Gasteiger partial charge in [0, 0.05) is 6.54 Å². The van der Waals surface area contributed by atoms with E-state index < -0.39 is 0 Å². The summed E-state index contributed by atoms with van der Waals surface area (Å²) in [4.78, 5) is 8.91. The molecule has 0 unspecified atom stereocenters. The van der Waals surface area contributed by atoms with E-state index >= 15 is 0 Å². The Bertz CT molecular complexity index is 570. The Morgan fingerprint density at radius 2 is 1.80 bits per heavy atom. The minimum absolute atomic E-state index is 0. The maximum atomic E-state index is 6.17. The van der Waals surface area contributed by atoms with Crippen LogP contribution in [0.3, 0.4) is 0 Å². The third-order valence-corrected chi connectivity index (χ3v) is 3.81. The first-order valence-electron chi connectivity index (χ1n) is 6.70. The standard InChI is InChI=1S/C14H17ClN4.ClH/c15-13-14(17-9-10-5-7-16-8-6-10)19-12-4-2-1-3-11(12)18-13;/h1-4,10,16H,5-9H2,(H,17,19);1H. The van der Waals surface area contributed by atoms with E-state index in [-0.39, 0.29) is 12.4 Å². The number of nitrogens with zero attached hydrogens (tertiary/aromatic N) is 2. The maximum absolute atomic E-state index is 6.17. The monoisotopic (exact) mass is 312 g/mol. The van der Waals surface area contributed by atoms with Gasteiger partial charge in [0.1, 0.15) is 0 Å². The summed E-state index contributed by atoms with van der Waals surface area (Å²) in [6.07, 6.45) is 2.40. The molecule has 20 heavy (non-hydrogen) atoms. The van der Waals surface area contributed by atoms with Crippen molar-refractivity contribution in [2.45, 2.75) is 12.8 Å². The van der Waals surface area contributed by atoms with Crippen LogP contribution in [0.15, 0.2) is 24.3 Å². The van der Waals surface area contributed by atoms with E-state index in [0.717, 1.165) is 30.7 Å². The third-order valence-electron chi connectivity index (χ3n) is 3.54. The van der Waals surface area contributed by atoms with Gasteiger partial charge in [0.2, 0.25) is 0 Å². The van der Waals surface area contributed by atoms with E-state index in [2.05, 4.69) is 20.6 Å². The highest BCUT2D eigenvalue weighted by Crippen LogP contribution is 2.22. The first kappa shape index (κ1) is 15.3. The molecule has 1 aliphatic rings. The number of para-hydroxylation sites is 2. The molecule has 0 aliphatic carbocycles. The van der Waals surface area contributed by atoms with Gasteiger partial charge in [-0.3, -0.25) is 0 Å². The molecule has 3 rings (SSSR count). The quantitative estimate of drug-likeness (QED) is 0.914. The number of anilines is 1. The molecule has 1 aromatic carbocycles. The minimum atomic E-state index is 0. The van der Waals surface area contributed by atoms with Crippen LogP contribution < -0.4 is 10.6 Å². The van der Waals surface area contributed by atoms with Crippen LogP contribution in [0.4, 0.5) is 5.82 Å². The number of nitrogens with one attached hydrogen (secondary N) is 2. The van der Waals surface area contributed by atoms with Gasteiger partial charge in [-0.05, 0) is 44.0 Å². The van der Waals surface area contributed by atoms with Crippen LogP contribution in [0, 0.1) is 5.92 Å². The molecular weight excluding hydrogens is 295 g/mol. The summed E-state index contributed by atoms with van der Waals surface area (Å²) in [5.74, 6) is 1.38. The van der Waals surface area contributed by atoms with E-state index in [0.29, 0.717) is 16.9 Å². The summed E-state index contributed by atoms with van der Waals surface area (Å²) < 4.78 is 0. The molecule has 0 bridgehead atoms. The Balaban J connectivity index is 0.00000147. The molecule has 108 valence electrons. The van der Waals surface area contributed by atoms with Gasteiger partial charge in [-0.25, -0.2) is 9.97 Å². The highest BCUT2D eigenvalue weighted by molar-refractivity contribution is 6.32. The van der Waals surface area contributed by atoms with Crippen molar-refractivity contribution < 1.29 is 0 Å². The van der Waals surface area contributed by atoms with Gasteiger partial charge in [0.15, 0.2) is 11.0 Å². The predicted octanol–water partition coefficient (Wildman–Crippen LogP) is 3.12. The zero-order valence-corrected chi connectivity index (χ0v) is 12.7. The van der Waals surface area contributed by atoms with Gasteiger partial charge < -0.3 is 10.6 Å². The van der Waals surface area contributed by atoms with E-state index in [1.165, 1.54) is 12.8 Å². The Hall–Kier alpha value is -1.10. The molecule has 0 atom stereocenters. The smallest absolute Gasteiger partial charge is 0.172 e. The number of fused-ring (bicyclic) bond motifs is 1. The molecule has 2 aromatic rings. The first-order valence-corrected chi connectivity index (χ1v) is 7.07. The molecule has 0 amide bonds. The second-order valence-electron chi connectivity index (χ2n) is 4.93. The van der Waals surface area contributed by atoms with E-state index in [1.807, 2.05) is 24.3 Å². The molecule has 4 nitrogen and oxygen atoms in total. The van der Waals surface area contributed by atoms with Crippen molar-refractivity contribution in [2.24, 2.45) is 5.92 Å². The lowest BCUT2D eigenvalue weighted by molar-refractivity contribution is 0.389. The van der Waals surface area contributed by atoms with Crippen molar-refractivity contribution in [1.29, 1.82) is 0 Å². The van der Waals surface area contributed by atoms with Crippen LogP contribution in [-0.4, -0.2) is 29.6 Å². The fourth-order valence-corrected chi connectivity index (χ4v) is 2.62. The number of hydrogen-bond donors (Lipinski definition) is 2.